The highest BCUT2D eigenvalue weighted by Gasteiger charge is 2.21. The van der Waals surface area contributed by atoms with Crippen LogP contribution in [0, 0.1) is 6.92 Å². The summed E-state index contributed by atoms with van der Waals surface area (Å²) in [6, 6.07) is 15.0. The molecule has 3 nitrogen and oxygen atoms in total. The van der Waals surface area contributed by atoms with Crippen molar-refractivity contribution in [2.45, 2.75) is 19.3 Å². The maximum absolute atomic E-state index is 5.86. The lowest BCUT2D eigenvalue weighted by Crippen LogP contribution is -2.21. The fourth-order valence-electron chi connectivity index (χ4n) is 2.82. The van der Waals surface area contributed by atoms with Crippen molar-refractivity contribution in [3.8, 4) is 5.75 Å². The fraction of sp³-hybridized carbons (Fsp3) is 0.333. The number of hydrogen-bond donors (Lipinski definition) is 1. The Morgan fingerprint density at radius 1 is 1.14 bits per heavy atom. The highest BCUT2D eigenvalue weighted by Crippen LogP contribution is 2.37. The average Bonchev–Trinajstić information content (AvgIpc) is 2.53. The quantitative estimate of drug-likeness (QED) is 0.935. The number of rotatable bonds is 3. The maximum atomic E-state index is 5.86. The number of aryl methyl sites for hydroxylation is 1. The van der Waals surface area contributed by atoms with Crippen LogP contribution in [0.1, 0.15) is 23.5 Å². The topological polar surface area (TPSA) is 38.5 Å². The normalized spacial score (nSPS) is 17.0. The Labute approximate surface area is 126 Å². The minimum atomic E-state index is 0.424. The molecule has 110 valence electrons. The van der Waals surface area contributed by atoms with Crippen molar-refractivity contribution in [3.05, 3.63) is 53.6 Å². The molecule has 0 unspecified atom stereocenters. The van der Waals surface area contributed by atoms with Gasteiger partial charge < -0.3 is 15.4 Å². The fourth-order valence-corrected chi connectivity index (χ4v) is 2.82. The number of anilines is 2. The molecule has 0 saturated heterocycles. The first-order chi connectivity index (χ1) is 10.2. The van der Waals surface area contributed by atoms with E-state index >= 15 is 0 Å². The zero-order chi connectivity index (χ0) is 14.8. The first kappa shape index (κ1) is 14.0. The predicted octanol–water partition coefficient (Wildman–Crippen LogP) is 3.59. The molecule has 1 atom stereocenters. The van der Waals surface area contributed by atoms with Crippen LogP contribution in [0.4, 0.5) is 11.4 Å². The minimum Gasteiger partial charge on any atom is -0.493 e. The highest BCUT2D eigenvalue weighted by atomic mass is 16.5. The molecule has 0 spiro atoms. The third kappa shape index (κ3) is 2.74. The van der Waals surface area contributed by atoms with Crippen molar-refractivity contribution in [3.63, 3.8) is 0 Å². The highest BCUT2D eigenvalue weighted by molar-refractivity contribution is 5.65. The van der Waals surface area contributed by atoms with E-state index in [2.05, 4.69) is 61.3 Å². The van der Waals surface area contributed by atoms with Gasteiger partial charge in [0, 0.05) is 30.4 Å². The number of nitrogens with two attached hydrogens (primary N) is 1. The molecule has 2 aromatic carbocycles. The zero-order valence-electron chi connectivity index (χ0n) is 12.7. The van der Waals surface area contributed by atoms with E-state index in [0.717, 1.165) is 24.5 Å². The van der Waals surface area contributed by atoms with Crippen LogP contribution in [0.25, 0.3) is 0 Å². The smallest absolute Gasteiger partial charge is 0.124 e. The van der Waals surface area contributed by atoms with Crippen molar-refractivity contribution in [2.24, 2.45) is 5.73 Å². The van der Waals surface area contributed by atoms with E-state index in [-0.39, 0.29) is 0 Å². The summed E-state index contributed by atoms with van der Waals surface area (Å²) in [5, 5.41) is 0. The SMILES string of the molecule is Cc1ccc(N(C)c2ccc3c(c2)OCC[C@H]3CN)cc1. The van der Waals surface area contributed by atoms with Crippen LogP contribution in [0.3, 0.4) is 0 Å². The number of fused-ring (bicyclic) bond motifs is 1. The number of ether oxygens (including phenoxy) is 1. The van der Waals surface area contributed by atoms with Gasteiger partial charge in [-0.15, -0.1) is 0 Å². The zero-order valence-corrected chi connectivity index (χ0v) is 12.7. The van der Waals surface area contributed by atoms with Crippen LogP contribution in [-0.2, 0) is 0 Å². The Morgan fingerprint density at radius 3 is 2.57 bits per heavy atom. The molecule has 1 aliphatic heterocycles. The third-order valence-electron chi connectivity index (χ3n) is 4.25. The summed E-state index contributed by atoms with van der Waals surface area (Å²) < 4.78 is 5.82. The molecular weight excluding hydrogens is 260 g/mol. The molecule has 2 N–H and O–H groups in total. The van der Waals surface area contributed by atoms with Gasteiger partial charge in [-0.25, -0.2) is 0 Å². The van der Waals surface area contributed by atoms with E-state index < -0.39 is 0 Å². The summed E-state index contributed by atoms with van der Waals surface area (Å²) >= 11 is 0. The summed E-state index contributed by atoms with van der Waals surface area (Å²) in [7, 11) is 2.08. The van der Waals surface area contributed by atoms with Gasteiger partial charge in [0.2, 0.25) is 0 Å². The van der Waals surface area contributed by atoms with Crippen LogP contribution in [0.15, 0.2) is 42.5 Å². The number of hydrogen-bond acceptors (Lipinski definition) is 3. The van der Waals surface area contributed by atoms with Gasteiger partial charge in [-0.3, -0.25) is 0 Å². The van der Waals surface area contributed by atoms with E-state index in [1.807, 2.05) is 0 Å². The standard InChI is InChI=1S/C18H22N2O/c1-13-3-5-15(6-4-13)20(2)16-7-8-17-14(12-19)9-10-21-18(17)11-16/h3-8,11,14H,9-10,12,19H2,1-2H3/t14-/m0/s1. The molecule has 0 radical (unpaired) electrons. The molecule has 0 fully saturated rings. The molecular formula is C18H22N2O. The number of nitrogens with zero attached hydrogens (tertiary/aromatic N) is 1. The van der Waals surface area contributed by atoms with Gasteiger partial charge >= 0.3 is 0 Å². The first-order valence-corrected chi connectivity index (χ1v) is 7.46. The molecule has 21 heavy (non-hydrogen) atoms. The Balaban J connectivity index is 1.91. The summed E-state index contributed by atoms with van der Waals surface area (Å²) in [6.45, 7) is 3.54. The molecule has 3 rings (SSSR count). The monoisotopic (exact) mass is 282 g/mol. The molecule has 0 amide bonds. The van der Waals surface area contributed by atoms with Crippen LogP contribution in [-0.4, -0.2) is 20.2 Å². The molecule has 0 aromatic heterocycles. The van der Waals surface area contributed by atoms with Crippen LogP contribution >= 0.6 is 0 Å². The van der Waals surface area contributed by atoms with Gasteiger partial charge in [-0.1, -0.05) is 23.8 Å². The molecule has 0 aliphatic carbocycles. The Hall–Kier alpha value is -2.00. The lowest BCUT2D eigenvalue weighted by atomic mass is 9.93. The van der Waals surface area contributed by atoms with Gasteiger partial charge in [0.25, 0.3) is 0 Å². The Morgan fingerprint density at radius 2 is 1.86 bits per heavy atom. The third-order valence-corrected chi connectivity index (χ3v) is 4.25. The van der Waals surface area contributed by atoms with Crippen LogP contribution in [0.2, 0.25) is 0 Å². The molecule has 0 saturated carbocycles. The molecule has 2 aromatic rings. The van der Waals surface area contributed by atoms with E-state index in [0.29, 0.717) is 12.5 Å². The summed E-state index contributed by atoms with van der Waals surface area (Å²) in [4.78, 5) is 2.18. The minimum absolute atomic E-state index is 0.424. The predicted molar refractivity (Wildman–Crippen MR) is 87.6 cm³/mol. The molecule has 3 heteroatoms. The van der Waals surface area contributed by atoms with Gasteiger partial charge in [0.15, 0.2) is 0 Å². The van der Waals surface area contributed by atoms with Gasteiger partial charge in [0.05, 0.1) is 6.61 Å². The van der Waals surface area contributed by atoms with Gasteiger partial charge in [-0.05, 0) is 43.7 Å². The van der Waals surface area contributed by atoms with Gasteiger partial charge in [0.1, 0.15) is 5.75 Å². The number of benzene rings is 2. The van der Waals surface area contributed by atoms with Crippen LogP contribution in [0.5, 0.6) is 5.75 Å². The first-order valence-electron chi connectivity index (χ1n) is 7.46. The largest absolute Gasteiger partial charge is 0.493 e. The average molecular weight is 282 g/mol. The van der Waals surface area contributed by atoms with Crippen molar-refractivity contribution in [1.82, 2.24) is 0 Å². The second-order valence-corrected chi connectivity index (χ2v) is 5.69. The maximum Gasteiger partial charge on any atom is 0.124 e. The van der Waals surface area contributed by atoms with Crippen molar-refractivity contribution in [2.75, 3.05) is 25.1 Å². The second kappa shape index (κ2) is 5.78. The van der Waals surface area contributed by atoms with E-state index in [9.17, 15) is 0 Å². The summed E-state index contributed by atoms with van der Waals surface area (Å²) in [5.41, 5.74) is 10.7. The van der Waals surface area contributed by atoms with E-state index in [1.165, 1.54) is 16.8 Å². The molecule has 0 bridgehead atoms. The van der Waals surface area contributed by atoms with E-state index in [1.54, 1.807) is 0 Å². The van der Waals surface area contributed by atoms with Gasteiger partial charge in [-0.2, -0.15) is 0 Å². The summed E-state index contributed by atoms with van der Waals surface area (Å²) in [5.74, 6) is 1.40. The van der Waals surface area contributed by atoms with Crippen molar-refractivity contribution >= 4 is 11.4 Å². The molecule has 1 heterocycles. The lowest BCUT2D eigenvalue weighted by molar-refractivity contribution is 0.269. The Kier molecular flexibility index (Phi) is 3.84. The van der Waals surface area contributed by atoms with E-state index in [4.69, 9.17) is 10.5 Å². The summed E-state index contributed by atoms with van der Waals surface area (Å²) in [6.07, 6.45) is 1.01. The Bertz CT molecular complexity index is 622. The van der Waals surface area contributed by atoms with Crippen LogP contribution < -0.4 is 15.4 Å². The molecule has 1 aliphatic rings. The lowest BCUT2D eigenvalue weighted by Gasteiger charge is -2.27. The second-order valence-electron chi connectivity index (χ2n) is 5.69. The van der Waals surface area contributed by atoms with Crippen molar-refractivity contribution < 1.29 is 4.74 Å². The van der Waals surface area contributed by atoms with Crippen molar-refractivity contribution in [1.29, 1.82) is 0 Å².